The van der Waals surface area contributed by atoms with Crippen molar-refractivity contribution in [1.29, 1.82) is 0 Å². The first kappa shape index (κ1) is 41.6. The van der Waals surface area contributed by atoms with Gasteiger partial charge in [-0.05, 0) is 30.5 Å². The first-order valence-corrected chi connectivity index (χ1v) is 16.8. The quantitative estimate of drug-likeness (QED) is 0.0910. The van der Waals surface area contributed by atoms with Gasteiger partial charge in [0.1, 0.15) is 19.0 Å². The SMILES string of the molecule is CCCCCCCCc1ccc(OCCOCCOCCOCCOCCOCCOCCOCCOCCOCCF)cc1. The molecule has 1 aromatic carbocycles. The van der Waals surface area contributed by atoms with E-state index >= 15 is 0 Å². The van der Waals surface area contributed by atoms with Gasteiger partial charge in [0.2, 0.25) is 0 Å². The Labute approximate surface area is 271 Å². The van der Waals surface area contributed by atoms with E-state index in [2.05, 4.69) is 19.1 Å². The van der Waals surface area contributed by atoms with Crippen LogP contribution < -0.4 is 4.74 Å². The second kappa shape index (κ2) is 35.4. The van der Waals surface area contributed by atoms with Gasteiger partial charge < -0.3 is 47.4 Å². The minimum atomic E-state index is -0.472. The molecule has 0 bridgehead atoms. The van der Waals surface area contributed by atoms with Gasteiger partial charge in [-0.3, -0.25) is 0 Å². The fourth-order valence-electron chi connectivity index (χ4n) is 4.00. The number of aryl methyl sites for hydroxylation is 1. The number of unbranched alkanes of at least 4 members (excludes halogenated alkanes) is 5. The molecule has 10 nitrogen and oxygen atoms in total. The average molecular weight is 649 g/mol. The van der Waals surface area contributed by atoms with Gasteiger partial charge in [-0.1, -0.05) is 51.2 Å². The summed E-state index contributed by atoms with van der Waals surface area (Å²) >= 11 is 0. The van der Waals surface area contributed by atoms with E-state index in [4.69, 9.17) is 47.4 Å². The van der Waals surface area contributed by atoms with E-state index in [1.54, 1.807) is 0 Å². The van der Waals surface area contributed by atoms with Crippen molar-refractivity contribution in [2.75, 3.05) is 132 Å². The Balaban J connectivity index is 1.71. The van der Waals surface area contributed by atoms with Crippen molar-refractivity contribution < 1.29 is 51.8 Å². The predicted molar refractivity (Wildman–Crippen MR) is 172 cm³/mol. The summed E-state index contributed by atoms with van der Waals surface area (Å²) in [5.74, 6) is 0.883. The topological polar surface area (TPSA) is 92.3 Å². The van der Waals surface area contributed by atoms with Crippen molar-refractivity contribution in [3.63, 3.8) is 0 Å². The van der Waals surface area contributed by atoms with Crippen LogP contribution in [0.25, 0.3) is 0 Å². The lowest BCUT2D eigenvalue weighted by molar-refractivity contribution is -0.0255. The Hall–Kier alpha value is -1.41. The molecule has 45 heavy (non-hydrogen) atoms. The lowest BCUT2D eigenvalue weighted by Crippen LogP contribution is -2.15. The zero-order valence-electron chi connectivity index (χ0n) is 27.9. The number of ether oxygens (including phenoxy) is 10. The van der Waals surface area contributed by atoms with E-state index in [1.807, 2.05) is 12.1 Å². The Morgan fingerprint density at radius 2 is 0.733 bits per heavy atom. The van der Waals surface area contributed by atoms with Crippen LogP contribution in [-0.4, -0.2) is 132 Å². The van der Waals surface area contributed by atoms with E-state index in [0.29, 0.717) is 119 Å². The van der Waals surface area contributed by atoms with E-state index in [1.165, 1.54) is 44.1 Å². The second-order valence-electron chi connectivity index (χ2n) is 10.2. The highest BCUT2D eigenvalue weighted by Gasteiger charge is 1.99. The van der Waals surface area contributed by atoms with Crippen LogP contribution in [0, 0.1) is 0 Å². The summed E-state index contributed by atoms with van der Waals surface area (Å²) in [7, 11) is 0. The molecule has 0 saturated carbocycles. The van der Waals surface area contributed by atoms with E-state index in [9.17, 15) is 4.39 Å². The normalized spacial score (nSPS) is 11.4. The number of halogens is 1. The summed E-state index contributed by atoms with van der Waals surface area (Å²) < 4.78 is 66.2. The van der Waals surface area contributed by atoms with Crippen LogP contribution in [-0.2, 0) is 49.1 Å². The minimum absolute atomic E-state index is 0.116. The largest absolute Gasteiger partial charge is 0.491 e. The maximum Gasteiger partial charge on any atom is 0.119 e. The van der Waals surface area contributed by atoms with Gasteiger partial charge >= 0.3 is 0 Å². The van der Waals surface area contributed by atoms with Crippen LogP contribution in [0.5, 0.6) is 5.75 Å². The summed E-state index contributed by atoms with van der Waals surface area (Å²) in [4.78, 5) is 0. The van der Waals surface area contributed by atoms with Crippen molar-refractivity contribution >= 4 is 0 Å². The smallest absolute Gasteiger partial charge is 0.119 e. The number of benzene rings is 1. The molecule has 0 aliphatic carbocycles. The zero-order chi connectivity index (χ0) is 32.1. The summed E-state index contributed by atoms with van der Waals surface area (Å²) in [5.41, 5.74) is 1.38. The molecule has 0 aromatic heterocycles. The molecule has 1 rings (SSSR count). The molecule has 0 unspecified atom stereocenters. The monoisotopic (exact) mass is 648 g/mol. The molecular weight excluding hydrogens is 587 g/mol. The lowest BCUT2D eigenvalue weighted by Gasteiger charge is -2.09. The lowest BCUT2D eigenvalue weighted by atomic mass is 10.0. The highest BCUT2D eigenvalue weighted by Crippen LogP contribution is 2.15. The van der Waals surface area contributed by atoms with Gasteiger partial charge in [0.15, 0.2) is 0 Å². The molecule has 0 saturated heterocycles. The molecule has 0 fully saturated rings. The summed E-state index contributed by atoms with van der Waals surface area (Å²) in [5, 5.41) is 0. The third-order valence-corrected chi connectivity index (χ3v) is 6.44. The second-order valence-corrected chi connectivity index (χ2v) is 10.2. The Morgan fingerprint density at radius 3 is 1.11 bits per heavy atom. The average Bonchev–Trinajstić information content (AvgIpc) is 3.06. The Kier molecular flexibility index (Phi) is 32.8. The van der Waals surface area contributed by atoms with Crippen molar-refractivity contribution in [1.82, 2.24) is 0 Å². The van der Waals surface area contributed by atoms with E-state index < -0.39 is 6.67 Å². The molecular formula is C34H61FO10. The van der Waals surface area contributed by atoms with Gasteiger partial charge in [0.05, 0.1) is 119 Å². The molecule has 0 aliphatic rings. The fourth-order valence-corrected chi connectivity index (χ4v) is 4.00. The first-order chi connectivity index (χ1) is 22.4. The summed E-state index contributed by atoms with van der Waals surface area (Å²) in [6.07, 6.45) is 9.08. The molecule has 0 N–H and O–H groups in total. The highest BCUT2D eigenvalue weighted by molar-refractivity contribution is 5.27. The molecule has 264 valence electrons. The standard InChI is InChI=1S/C34H61FO10/c1-2-3-4-5-6-7-8-33-9-11-34(12-10-33)45-32-31-44-30-29-43-28-27-42-26-25-41-24-23-40-22-21-39-20-19-38-18-17-37-16-15-36-14-13-35/h9-12H,2-8,13-32H2,1H3. The molecule has 0 spiro atoms. The molecule has 0 heterocycles. The molecule has 1 aromatic rings. The van der Waals surface area contributed by atoms with Crippen molar-refractivity contribution in [2.24, 2.45) is 0 Å². The third kappa shape index (κ3) is 31.0. The summed E-state index contributed by atoms with van der Waals surface area (Å²) in [6.45, 7) is 10.9. The van der Waals surface area contributed by atoms with Crippen molar-refractivity contribution in [2.45, 2.75) is 51.9 Å². The molecule has 0 amide bonds. The maximum atomic E-state index is 11.8. The van der Waals surface area contributed by atoms with E-state index in [0.717, 1.165) is 12.2 Å². The van der Waals surface area contributed by atoms with Crippen LogP contribution in [0.2, 0.25) is 0 Å². The Bertz CT molecular complexity index is 698. The Morgan fingerprint density at radius 1 is 0.400 bits per heavy atom. The van der Waals surface area contributed by atoms with Crippen molar-refractivity contribution in [3.8, 4) is 5.75 Å². The van der Waals surface area contributed by atoms with Crippen molar-refractivity contribution in [3.05, 3.63) is 29.8 Å². The van der Waals surface area contributed by atoms with Gasteiger partial charge in [-0.2, -0.15) is 0 Å². The maximum absolute atomic E-state index is 11.8. The van der Waals surface area contributed by atoms with Gasteiger partial charge in [-0.15, -0.1) is 0 Å². The van der Waals surface area contributed by atoms with Gasteiger partial charge in [-0.25, -0.2) is 4.39 Å². The van der Waals surface area contributed by atoms with Crippen LogP contribution in [0.1, 0.15) is 51.0 Å². The van der Waals surface area contributed by atoms with Crippen LogP contribution >= 0.6 is 0 Å². The van der Waals surface area contributed by atoms with Crippen LogP contribution in [0.4, 0.5) is 4.39 Å². The number of rotatable bonds is 37. The molecule has 0 aliphatic heterocycles. The van der Waals surface area contributed by atoms with Crippen LogP contribution in [0.15, 0.2) is 24.3 Å². The highest BCUT2D eigenvalue weighted by atomic mass is 19.1. The predicted octanol–water partition coefficient (Wildman–Crippen LogP) is 5.09. The molecule has 0 radical (unpaired) electrons. The minimum Gasteiger partial charge on any atom is -0.491 e. The first-order valence-electron chi connectivity index (χ1n) is 16.8. The summed E-state index contributed by atoms with van der Waals surface area (Å²) in [6, 6.07) is 8.42. The molecule has 11 heteroatoms. The fraction of sp³-hybridized carbons (Fsp3) is 0.824. The third-order valence-electron chi connectivity index (χ3n) is 6.44. The van der Waals surface area contributed by atoms with Crippen LogP contribution in [0.3, 0.4) is 0 Å². The van der Waals surface area contributed by atoms with Gasteiger partial charge in [0, 0.05) is 0 Å². The molecule has 0 atom stereocenters. The number of alkyl halides is 1. The number of hydrogen-bond donors (Lipinski definition) is 0. The van der Waals surface area contributed by atoms with E-state index in [-0.39, 0.29) is 6.61 Å². The number of hydrogen-bond acceptors (Lipinski definition) is 10. The van der Waals surface area contributed by atoms with Gasteiger partial charge in [0.25, 0.3) is 0 Å². The zero-order valence-corrected chi connectivity index (χ0v) is 27.9.